The Morgan fingerprint density at radius 3 is 3.00 bits per heavy atom. The van der Waals surface area contributed by atoms with Gasteiger partial charge in [0.15, 0.2) is 0 Å². The Kier molecular flexibility index (Phi) is 2.62. The van der Waals surface area contributed by atoms with E-state index < -0.39 is 0 Å². The standard InChI is InChI=1S/C12H16N2O/c1-2-14-7-3-4-9-5-6-10(12(13)15)8-11(9)14/h5-6,8H,2-4,7H2,1H3,(H2,13,15). The van der Waals surface area contributed by atoms with Crippen molar-refractivity contribution in [2.75, 3.05) is 18.0 Å². The molecule has 80 valence electrons. The first-order valence-electron chi connectivity index (χ1n) is 5.40. The maximum Gasteiger partial charge on any atom is 0.248 e. The highest BCUT2D eigenvalue weighted by molar-refractivity contribution is 5.94. The number of anilines is 1. The summed E-state index contributed by atoms with van der Waals surface area (Å²) in [4.78, 5) is 13.4. The van der Waals surface area contributed by atoms with Gasteiger partial charge in [0.25, 0.3) is 0 Å². The lowest BCUT2D eigenvalue weighted by Crippen LogP contribution is -2.29. The van der Waals surface area contributed by atoms with Gasteiger partial charge in [0.2, 0.25) is 5.91 Å². The van der Waals surface area contributed by atoms with Crippen molar-refractivity contribution < 1.29 is 4.79 Å². The normalized spacial score (nSPS) is 14.9. The minimum absolute atomic E-state index is 0.348. The third-order valence-electron chi connectivity index (χ3n) is 2.97. The van der Waals surface area contributed by atoms with Crippen LogP contribution in [0, 0.1) is 0 Å². The van der Waals surface area contributed by atoms with E-state index in [1.807, 2.05) is 18.2 Å². The first kappa shape index (κ1) is 10.0. The lowest BCUT2D eigenvalue weighted by atomic mass is 9.99. The van der Waals surface area contributed by atoms with Gasteiger partial charge in [-0.1, -0.05) is 6.07 Å². The topological polar surface area (TPSA) is 46.3 Å². The zero-order valence-electron chi connectivity index (χ0n) is 8.99. The molecule has 1 aromatic carbocycles. The van der Waals surface area contributed by atoms with Crippen molar-refractivity contribution in [3.05, 3.63) is 29.3 Å². The molecular weight excluding hydrogens is 188 g/mol. The molecule has 3 nitrogen and oxygen atoms in total. The fraction of sp³-hybridized carbons (Fsp3) is 0.417. The van der Waals surface area contributed by atoms with Gasteiger partial charge >= 0.3 is 0 Å². The molecule has 0 fully saturated rings. The average molecular weight is 204 g/mol. The Balaban J connectivity index is 2.43. The summed E-state index contributed by atoms with van der Waals surface area (Å²) < 4.78 is 0. The molecule has 0 aliphatic carbocycles. The number of primary amides is 1. The van der Waals surface area contributed by atoms with Crippen molar-refractivity contribution in [1.82, 2.24) is 0 Å². The van der Waals surface area contributed by atoms with Crippen molar-refractivity contribution in [3.63, 3.8) is 0 Å². The molecule has 1 aliphatic heterocycles. The van der Waals surface area contributed by atoms with Crippen LogP contribution >= 0.6 is 0 Å². The lowest BCUT2D eigenvalue weighted by molar-refractivity contribution is 0.100. The monoisotopic (exact) mass is 204 g/mol. The Morgan fingerprint density at radius 2 is 2.33 bits per heavy atom. The van der Waals surface area contributed by atoms with Crippen LogP contribution in [0.5, 0.6) is 0 Å². The maximum absolute atomic E-state index is 11.1. The molecule has 0 bridgehead atoms. The molecule has 0 saturated carbocycles. The highest BCUT2D eigenvalue weighted by atomic mass is 16.1. The quantitative estimate of drug-likeness (QED) is 0.794. The van der Waals surface area contributed by atoms with E-state index >= 15 is 0 Å². The van der Waals surface area contributed by atoms with Crippen LogP contribution in [0.2, 0.25) is 0 Å². The number of fused-ring (bicyclic) bond motifs is 1. The number of hydrogen-bond acceptors (Lipinski definition) is 2. The minimum Gasteiger partial charge on any atom is -0.372 e. The Bertz CT molecular complexity index is 387. The SMILES string of the molecule is CCN1CCCc2ccc(C(N)=O)cc21. The number of benzene rings is 1. The molecule has 15 heavy (non-hydrogen) atoms. The molecule has 1 aromatic rings. The molecule has 0 unspecified atom stereocenters. The van der Waals surface area contributed by atoms with E-state index in [9.17, 15) is 4.79 Å². The number of nitrogens with zero attached hydrogens (tertiary/aromatic N) is 1. The van der Waals surface area contributed by atoms with Gasteiger partial charge in [0, 0.05) is 24.3 Å². The molecule has 0 saturated heterocycles. The number of carbonyl (C=O) groups excluding carboxylic acids is 1. The molecule has 2 N–H and O–H groups in total. The average Bonchev–Trinajstić information content (AvgIpc) is 2.27. The number of carbonyl (C=O) groups is 1. The minimum atomic E-state index is -0.348. The van der Waals surface area contributed by atoms with E-state index in [1.54, 1.807) is 0 Å². The number of hydrogen-bond donors (Lipinski definition) is 1. The van der Waals surface area contributed by atoms with Crippen molar-refractivity contribution in [1.29, 1.82) is 0 Å². The van der Waals surface area contributed by atoms with E-state index in [1.165, 1.54) is 17.7 Å². The van der Waals surface area contributed by atoms with Gasteiger partial charge < -0.3 is 10.6 Å². The zero-order valence-corrected chi connectivity index (χ0v) is 8.99. The molecular formula is C12H16N2O. The Morgan fingerprint density at radius 1 is 1.53 bits per heavy atom. The molecule has 1 heterocycles. The predicted molar refractivity (Wildman–Crippen MR) is 61.2 cm³/mol. The third-order valence-corrected chi connectivity index (χ3v) is 2.97. The van der Waals surface area contributed by atoms with E-state index in [2.05, 4.69) is 11.8 Å². The highest BCUT2D eigenvalue weighted by Crippen LogP contribution is 2.27. The predicted octanol–water partition coefficient (Wildman–Crippen LogP) is 1.56. The second-order valence-electron chi connectivity index (χ2n) is 3.89. The summed E-state index contributed by atoms with van der Waals surface area (Å²) in [6, 6.07) is 5.76. The van der Waals surface area contributed by atoms with Crippen LogP contribution < -0.4 is 10.6 Å². The van der Waals surface area contributed by atoms with E-state index in [-0.39, 0.29) is 5.91 Å². The van der Waals surface area contributed by atoms with Crippen LogP contribution in [0.1, 0.15) is 29.3 Å². The second-order valence-corrected chi connectivity index (χ2v) is 3.89. The van der Waals surface area contributed by atoms with Crippen LogP contribution in [0.15, 0.2) is 18.2 Å². The molecule has 0 spiro atoms. The molecule has 2 rings (SSSR count). The van der Waals surface area contributed by atoms with Gasteiger partial charge in [-0.25, -0.2) is 0 Å². The van der Waals surface area contributed by atoms with Gasteiger partial charge in [-0.05, 0) is 37.5 Å². The summed E-state index contributed by atoms with van der Waals surface area (Å²) >= 11 is 0. The summed E-state index contributed by atoms with van der Waals surface area (Å²) in [6.45, 7) is 4.19. The van der Waals surface area contributed by atoms with E-state index in [0.717, 1.165) is 19.5 Å². The molecule has 0 radical (unpaired) electrons. The summed E-state index contributed by atoms with van der Waals surface area (Å²) in [6.07, 6.45) is 2.29. The fourth-order valence-corrected chi connectivity index (χ4v) is 2.13. The number of amides is 1. The van der Waals surface area contributed by atoms with Gasteiger partial charge in [0.1, 0.15) is 0 Å². The van der Waals surface area contributed by atoms with Gasteiger partial charge in [-0.15, -0.1) is 0 Å². The smallest absolute Gasteiger partial charge is 0.248 e. The Labute approximate surface area is 89.9 Å². The zero-order chi connectivity index (χ0) is 10.8. The number of aryl methyl sites for hydroxylation is 1. The first-order valence-corrected chi connectivity index (χ1v) is 5.40. The van der Waals surface area contributed by atoms with Gasteiger partial charge in [0.05, 0.1) is 0 Å². The molecule has 0 atom stereocenters. The molecule has 3 heteroatoms. The van der Waals surface area contributed by atoms with Crippen LogP contribution in [0.4, 0.5) is 5.69 Å². The van der Waals surface area contributed by atoms with Gasteiger partial charge in [-0.3, -0.25) is 4.79 Å². The Hall–Kier alpha value is -1.51. The van der Waals surface area contributed by atoms with Crippen molar-refractivity contribution >= 4 is 11.6 Å². The third kappa shape index (κ3) is 1.82. The maximum atomic E-state index is 11.1. The first-order chi connectivity index (χ1) is 7.22. The highest BCUT2D eigenvalue weighted by Gasteiger charge is 2.16. The number of rotatable bonds is 2. The van der Waals surface area contributed by atoms with E-state index in [0.29, 0.717) is 5.56 Å². The van der Waals surface area contributed by atoms with Crippen LogP contribution in [0.3, 0.4) is 0 Å². The summed E-state index contributed by atoms with van der Waals surface area (Å²) in [5.74, 6) is -0.348. The summed E-state index contributed by atoms with van der Waals surface area (Å²) in [5, 5.41) is 0. The summed E-state index contributed by atoms with van der Waals surface area (Å²) in [5.41, 5.74) is 8.39. The lowest BCUT2D eigenvalue weighted by Gasteiger charge is -2.30. The van der Waals surface area contributed by atoms with Crippen molar-refractivity contribution in [2.24, 2.45) is 5.73 Å². The number of nitrogens with two attached hydrogens (primary N) is 1. The summed E-state index contributed by atoms with van der Waals surface area (Å²) in [7, 11) is 0. The van der Waals surface area contributed by atoms with Crippen LogP contribution in [-0.4, -0.2) is 19.0 Å². The molecule has 1 aliphatic rings. The fourth-order valence-electron chi connectivity index (χ4n) is 2.13. The van der Waals surface area contributed by atoms with Crippen LogP contribution in [0.25, 0.3) is 0 Å². The molecule has 1 amide bonds. The second kappa shape index (κ2) is 3.93. The van der Waals surface area contributed by atoms with Crippen molar-refractivity contribution in [2.45, 2.75) is 19.8 Å². The van der Waals surface area contributed by atoms with Crippen LogP contribution in [-0.2, 0) is 6.42 Å². The van der Waals surface area contributed by atoms with Crippen molar-refractivity contribution in [3.8, 4) is 0 Å². The van der Waals surface area contributed by atoms with E-state index in [4.69, 9.17) is 5.73 Å². The van der Waals surface area contributed by atoms with Gasteiger partial charge in [-0.2, -0.15) is 0 Å². The largest absolute Gasteiger partial charge is 0.372 e. The molecule has 0 aromatic heterocycles.